The van der Waals surface area contributed by atoms with Crippen molar-refractivity contribution in [3.05, 3.63) is 95.1 Å². The second-order valence-corrected chi connectivity index (χ2v) is 10.9. The van der Waals surface area contributed by atoms with E-state index in [1.54, 1.807) is 0 Å². The Bertz CT molecular complexity index is 1410. The van der Waals surface area contributed by atoms with Gasteiger partial charge in [-0.25, -0.2) is 8.78 Å². The maximum Gasteiger partial charge on any atom is 0.140 e. The largest absolute Gasteiger partial charge is 0.492 e. The first kappa shape index (κ1) is 23.5. The first-order valence-corrected chi connectivity index (χ1v) is 13.6. The van der Waals surface area contributed by atoms with Crippen LogP contribution in [0.2, 0.25) is 0 Å². The standard InChI is InChI=1S/C31H29F2NOS/c1-20-5-11-25-22(17-20)8-12-26-27-18-23(32)19-28(33)31(27)36-30(29(25)26)21-6-9-24(10-7-21)35-16-15-34-13-3-2-4-14-34/h5-12,17-19,30H,2-4,13-16H2,1H3. The minimum atomic E-state index is -0.550. The zero-order valence-electron chi connectivity index (χ0n) is 20.4. The molecule has 0 N–H and O–H groups in total. The molecule has 4 aromatic rings. The van der Waals surface area contributed by atoms with E-state index in [4.69, 9.17) is 4.74 Å². The van der Waals surface area contributed by atoms with Gasteiger partial charge in [-0.1, -0.05) is 54.4 Å². The summed E-state index contributed by atoms with van der Waals surface area (Å²) in [6.45, 7) is 6.03. The van der Waals surface area contributed by atoms with Crippen molar-refractivity contribution in [3.63, 3.8) is 0 Å². The summed E-state index contributed by atoms with van der Waals surface area (Å²) in [5.41, 5.74) is 4.89. The van der Waals surface area contributed by atoms with Gasteiger partial charge in [0.05, 0.1) is 10.1 Å². The Morgan fingerprint density at radius 3 is 2.50 bits per heavy atom. The van der Waals surface area contributed by atoms with Gasteiger partial charge in [0.2, 0.25) is 0 Å². The van der Waals surface area contributed by atoms with Crippen LogP contribution >= 0.6 is 11.8 Å². The van der Waals surface area contributed by atoms with Gasteiger partial charge in [-0.3, -0.25) is 4.90 Å². The normalized spacial score (nSPS) is 17.6. The van der Waals surface area contributed by atoms with Gasteiger partial charge in [0.1, 0.15) is 24.0 Å². The highest BCUT2D eigenvalue weighted by molar-refractivity contribution is 8.00. The number of fused-ring (bicyclic) bond motifs is 5. The fraction of sp³-hybridized carbons (Fsp3) is 0.290. The van der Waals surface area contributed by atoms with Crippen LogP contribution in [0, 0.1) is 18.6 Å². The SMILES string of the molecule is Cc1ccc2c3c(ccc2c1)-c1cc(F)cc(F)c1SC3c1ccc(OCCN2CCCCC2)cc1. The van der Waals surface area contributed by atoms with Crippen molar-refractivity contribution < 1.29 is 13.5 Å². The number of nitrogens with zero attached hydrogens (tertiary/aromatic N) is 1. The summed E-state index contributed by atoms with van der Waals surface area (Å²) in [6.07, 6.45) is 3.89. The Kier molecular flexibility index (Phi) is 6.44. The second kappa shape index (κ2) is 9.87. The number of piperidine rings is 1. The molecule has 0 saturated carbocycles. The number of hydrogen-bond donors (Lipinski definition) is 0. The quantitative estimate of drug-likeness (QED) is 0.274. The molecule has 0 spiro atoms. The molecule has 2 aliphatic heterocycles. The van der Waals surface area contributed by atoms with Gasteiger partial charge < -0.3 is 4.74 Å². The van der Waals surface area contributed by atoms with Crippen LogP contribution < -0.4 is 4.74 Å². The fourth-order valence-corrected chi connectivity index (χ4v) is 6.86. The third kappa shape index (κ3) is 4.51. The van der Waals surface area contributed by atoms with Gasteiger partial charge in [-0.15, -0.1) is 11.8 Å². The minimum Gasteiger partial charge on any atom is -0.492 e. The molecule has 0 amide bonds. The molecule has 5 heteroatoms. The lowest BCUT2D eigenvalue weighted by Gasteiger charge is -2.29. The molecule has 1 fully saturated rings. The first-order valence-electron chi connectivity index (χ1n) is 12.7. The Labute approximate surface area is 215 Å². The van der Waals surface area contributed by atoms with Crippen LogP contribution in [0.15, 0.2) is 71.6 Å². The van der Waals surface area contributed by atoms with Crippen molar-refractivity contribution in [2.24, 2.45) is 0 Å². The Balaban J connectivity index is 1.34. The average Bonchev–Trinajstić information content (AvgIpc) is 2.89. The van der Waals surface area contributed by atoms with E-state index < -0.39 is 11.6 Å². The van der Waals surface area contributed by atoms with E-state index in [2.05, 4.69) is 48.2 Å². The van der Waals surface area contributed by atoms with Gasteiger partial charge in [0.25, 0.3) is 0 Å². The molecule has 0 radical (unpaired) electrons. The molecular formula is C31H29F2NOS. The fourth-order valence-electron chi connectivity index (χ4n) is 5.50. The van der Waals surface area contributed by atoms with Crippen LogP contribution in [-0.4, -0.2) is 31.1 Å². The number of thioether (sulfide) groups is 1. The summed E-state index contributed by atoms with van der Waals surface area (Å²) < 4.78 is 35.2. The first-order chi connectivity index (χ1) is 17.6. The van der Waals surface area contributed by atoms with E-state index in [9.17, 15) is 8.78 Å². The third-order valence-electron chi connectivity index (χ3n) is 7.32. The Hall–Kier alpha value is -2.89. The molecule has 2 nitrogen and oxygen atoms in total. The van der Waals surface area contributed by atoms with Crippen LogP contribution in [0.5, 0.6) is 5.75 Å². The summed E-state index contributed by atoms with van der Waals surface area (Å²) in [7, 11) is 0. The molecule has 36 heavy (non-hydrogen) atoms. The van der Waals surface area contributed by atoms with Gasteiger partial charge in [-0.05, 0) is 78.5 Å². The number of rotatable bonds is 5. The molecule has 0 aromatic heterocycles. The van der Waals surface area contributed by atoms with E-state index >= 15 is 0 Å². The number of benzene rings is 4. The zero-order valence-corrected chi connectivity index (χ0v) is 21.2. The van der Waals surface area contributed by atoms with Gasteiger partial charge >= 0.3 is 0 Å². The predicted molar refractivity (Wildman–Crippen MR) is 144 cm³/mol. The van der Waals surface area contributed by atoms with Gasteiger partial charge in [0.15, 0.2) is 0 Å². The monoisotopic (exact) mass is 501 g/mol. The molecule has 4 aromatic carbocycles. The van der Waals surface area contributed by atoms with E-state index in [0.717, 1.165) is 58.9 Å². The number of halogens is 2. The molecule has 0 aliphatic carbocycles. The van der Waals surface area contributed by atoms with E-state index in [1.165, 1.54) is 42.7 Å². The molecule has 1 unspecified atom stereocenters. The third-order valence-corrected chi connectivity index (χ3v) is 8.72. The topological polar surface area (TPSA) is 12.5 Å². The summed E-state index contributed by atoms with van der Waals surface area (Å²) in [5.74, 6) is -0.211. The van der Waals surface area contributed by atoms with Crippen molar-refractivity contribution in [2.45, 2.75) is 36.3 Å². The molecule has 1 atom stereocenters. The summed E-state index contributed by atoms with van der Waals surface area (Å²) in [4.78, 5) is 2.97. The summed E-state index contributed by atoms with van der Waals surface area (Å²) in [6, 6.07) is 21.1. The minimum absolute atomic E-state index is 0.110. The molecular weight excluding hydrogens is 472 g/mol. The molecule has 2 heterocycles. The molecule has 184 valence electrons. The average molecular weight is 502 g/mol. The number of likely N-dealkylation sites (tertiary alicyclic amines) is 1. The van der Waals surface area contributed by atoms with Crippen LogP contribution in [-0.2, 0) is 0 Å². The van der Waals surface area contributed by atoms with Gasteiger partial charge in [0, 0.05) is 18.2 Å². The predicted octanol–water partition coefficient (Wildman–Crippen LogP) is 8.15. The number of ether oxygens (including phenoxy) is 1. The van der Waals surface area contributed by atoms with Crippen LogP contribution in [0.4, 0.5) is 8.78 Å². The Morgan fingerprint density at radius 2 is 1.69 bits per heavy atom. The number of hydrogen-bond acceptors (Lipinski definition) is 3. The zero-order chi connectivity index (χ0) is 24.6. The summed E-state index contributed by atoms with van der Waals surface area (Å²) in [5, 5.41) is 2.14. The number of aryl methyl sites for hydroxylation is 1. The maximum atomic E-state index is 15.0. The van der Waals surface area contributed by atoms with Crippen molar-refractivity contribution in [1.29, 1.82) is 0 Å². The molecule has 1 saturated heterocycles. The lowest BCUT2D eigenvalue weighted by atomic mass is 9.88. The van der Waals surface area contributed by atoms with E-state index in [1.807, 2.05) is 18.2 Å². The van der Waals surface area contributed by atoms with E-state index in [0.29, 0.717) is 17.1 Å². The van der Waals surface area contributed by atoms with Crippen molar-refractivity contribution in [1.82, 2.24) is 4.90 Å². The maximum absolute atomic E-state index is 15.0. The summed E-state index contributed by atoms with van der Waals surface area (Å²) >= 11 is 1.46. The molecule has 0 bridgehead atoms. The van der Waals surface area contributed by atoms with E-state index in [-0.39, 0.29) is 5.25 Å². The highest BCUT2D eigenvalue weighted by atomic mass is 32.2. The van der Waals surface area contributed by atoms with Gasteiger partial charge in [-0.2, -0.15) is 0 Å². The Morgan fingerprint density at radius 1 is 0.889 bits per heavy atom. The van der Waals surface area contributed by atoms with Crippen LogP contribution in [0.1, 0.15) is 41.2 Å². The second-order valence-electron chi connectivity index (χ2n) is 9.83. The highest BCUT2D eigenvalue weighted by Crippen LogP contribution is 2.54. The molecule has 2 aliphatic rings. The van der Waals surface area contributed by atoms with Crippen molar-refractivity contribution in [2.75, 3.05) is 26.2 Å². The smallest absolute Gasteiger partial charge is 0.140 e. The van der Waals surface area contributed by atoms with Crippen molar-refractivity contribution in [3.8, 4) is 16.9 Å². The van der Waals surface area contributed by atoms with Crippen molar-refractivity contribution >= 4 is 22.5 Å². The molecule has 6 rings (SSSR count). The van der Waals surface area contributed by atoms with Crippen LogP contribution in [0.25, 0.3) is 21.9 Å². The lowest BCUT2D eigenvalue weighted by Crippen LogP contribution is -2.33. The van der Waals surface area contributed by atoms with Crippen LogP contribution in [0.3, 0.4) is 0 Å². The lowest BCUT2D eigenvalue weighted by molar-refractivity contribution is 0.183. The highest BCUT2D eigenvalue weighted by Gasteiger charge is 2.31.